The summed E-state index contributed by atoms with van der Waals surface area (Å²) in [6.45, 7) is 2.63. The highest BCUT2D eigenvalue weighted by atomic mass is 16.6. The van der Waals surface area contributed by atoms with Gasteiger partial charge in [0.1, 0.15) is 6.04 Å². The molecule has 168 valence electrons. The fourth-order valence-electron chi connectivity index (χ4n) is 2.86. The number of allylic oxidation sites excluding steroid dienone is 2. The van der Waals surface area contributed by atoms with E-state index in [4.69, 9.17) is 21.9 Å². The Balaban J connectivity index is 3.56. The standard InChI is InChI=1S/C22H42N4O3/c1-2-3-4-5-6-7-8-9-10-11-12-13-14-17-20(27)29-21(28)19(23)16-15-18-26-22(24)25/h7-8,19H,2-6,9-18,23H2,1H3,(H4,24,25,26)/b8-7-. The number of esters is 2. The summed E-state index contributed by atoms with van der Waals surface area (Å²) in [7, 11) is 0. The number of hydrogen-bond acceptors (Lipinski definition) is 5. The van der Waals surface area contributed by atoms with Crippen LogP contribution in [0.25, 0.3) is 0 Å². The van der Waals surface area contributed by atoms with Gasteiger partial charge < -0.3 is 21.9 Å². The van der Waals surface area contributed by atoms with Crippen molar-refractivity contribution in [3.05, 3.63) is 12.2 Å². The smallest absolute Gasteiger partial charge is 0.330 e. The van der Waals surface area contributed by atoms with Crippen molar-refractivity contribution in [2.24, 2.45) is 22.2 Å². The quantitative estimate of drug-likeness (QED) is 0.0787. The van der Waals surface area contributed by atoms with E-state index in [1.165, 1.54) is 38.5 Å². The van der Waals surface area contributed by atoms with Crippen molar-refractivity contribution in [3.8, 4) is 0 Å². The van der Waals surface area contributed by atoms with Gasteiger partial charge in [-0.1, -0.05) is 57.6 Å². The molecule has 0 saturated heterocycles. The second-order valence-corrected chi connectivity index (χ2v) is 7.48. The van der Waals surface area contributed by atoms with Crippen LogP contribution in [0.15, 0.2) is 17.1 Å². The van der Waals surface area contributed by atoms with E-state index in [0.29, 0.717) is 19.4 Å². The molecular weight excluding hydrogens is 368 g/mol. The summed E-state index contributed by atoms with van der Waals surface area (Å²) >= 11 is 0. The molecule has 0 spiro atoms. The Labute approximate surface area is 176 Å². The van der Waals surface area contributed by atoms with Crippen molar-refractivity contribution < 1.29 is 14.3 Å². The summed E-state index contributed by atoms with van der Waals surface area (Å²) in [5.41, 5.74) is 16.1. The van der Waals surface area contributed by atoms with E-state index in [9.17, 15) is 9.59 Å². The average molecular weight is 411 g/mol. The van der Waals surface area contributed by atoms with Gasteiger partial charge in [0.2, 0.25) is 0 Å². The Morgan fingerprint density at radius 2 is 1.48 bits per heavy atom. The van der Waals surface area contributed by atoms with Gasteiger partial charge in [0.05, 0.1) is 0 Å². The fraction of sp³-hybridized carbons (Fsp3) is 0.773. The van der Waals surface area contributed by atoms with Gasteiger partial charge in [0, 0.05) is 13.0 Å². The molecule has 6 N–H and O–H groups in total. The molecule has 0 aliphatic heterocycles. The maximum atomic E-state index is 11.8. The van der Waals surface area contributed by atoms with E-state index < -0.39 is 18.0 Å². The first kappa shape index (κ1) is 27.1. The van der Waals surface area contributed by atoms with Crippen LogP contribution in [0.4, 0.5) is 0 Å². The van der Waals surface area contributed by atoms with E-state index in [1.807, 2.05) is 0 Å². The number of hydrogen-bond donors (Lipinski definition) is 3. The maximum absolute atomic E-state index is 11.8. The zero-order valence-corrected chi connectivity index (χ0v) is 18.2. The lowest BCUT2D eigenvalue weighted by Crippen LogP contribution is -2.34. The first-order chi connectivity index (χ1) is 14.0. The summed E-state index contributed by atoms with van der Waals surface area (Å²) in [5.74, 6) is -1.17. The first-order valence-corrected chi connectivity index (χ1v) is 11.2. The van der Waals surface area contributed by atoms with Crippen LogP contribution in [0.5, 0.6) is 0 Å². The van der Waals surface area contributed by atoms with E-state index in [0.717, 1.165) is 32.1 Å². The summed E-state index contributed by atoms with van der Waals surface area (Å²) in [4.78, 5) is 27.3. The third kappa shape index (κ3) is 19.2. The van der Waals surface area contributed by atoms with Gasteiger partial charge in [-0.3, -0.25) is 9.79 Å². The molecule has 1 unspecified atom stereocenters. The van der Waals surface area contributed by atoms with E-state index in [-0.39, 0.29) is 12.4 Å². The Morgan fingerprint density at radius 3 is 2.10 bits per heavy atom. The Kier molecular flexibility index (Phi) is 18.2. The third-order valence-electron chi connectivity index (χ3n) is 4.63. The van der Waals surface area contributed by atoms with Gasteiger partial charge in [0.15, 0.2) is 5.96 Å². The molecule has 0 rings (SSSR count). The first-order valence-electron chi connectivity index (χ1n) is 11.2. The average Bonchev–Trinajstić information content (AvgIpc) is 2.68. The number of rotatable bonds is 18. The predicted molar refractivity (Wildman–Crippen MR) is 119 cm³/mol. The zero-order chi connectivity index (χ0) is 21.7. The van der Waals surface area contributed by atoms with Gasteiger partial charge in [-0.05, 0) is 44.9 Å². The second-order valence-electron chi connectivity index (χ2n) is 7.48. The van der Waals surface area contributed by atoms with Crippen LogP contribution in [0, 0.1) is 0 Å². The number of nitrogens with zero attached hydrogens (tertiary/aromatic N) is 1. The molecule has 0 aliphatic rings. The number of carbonyl (C=O) groups is 2. The van der Waals surface area contributed by atoms with Gasteiger partial charge in [0.25, 0.3) is 0 Å². The van der Waals surface area contributed by atoms with Crippen LogP contribution in [0.3, 0.4) is 0 Å². The second kappa shape index (κ2) is 19.4. The summed E-state index contributed by atoms with van der Waals surface area (Å²) in [6, 6.07) is -0.826. The number of guanidine groups is 1. The normalized spacial score (nSPS) is 12.1. The number of aliphatic imine (C=N–C) groups is 1. The van der Waals surface area contributed by atoms with Crippen molar-refractivity contribution in [3.63, 3.8) is 0 Å². The molecule has 29 heavy (non-hydrogen) atoms. The summed E-state index contributed by atoms with van der Waals surface area (Å²) in [6.07, 6.45) is 18.5. The molecule has 0 aromatic carbocycles. The van der Waals surface area contributed by atoms with Crippen molar-refractivity contribution in [1.29, 1.82) is 0 Å². The Hall–Kier alpha value is -1.89. The van der Waals surface area contributed by atoms with Gasteiger partial charge in [-0.2, -0.15) is 0 Å². The van der Waals surface area contributed by atoms with Crippen LogP contribution < -0.4 is 17.2 Å². The highest BCUT2D eigenvalue weighted by Gasteiger charge is 2.18. The summed E-state index contributed by atoms with van der Waals surface area (Å²) in [5, 5.41) is 0. The lowest BCUT2D eigenvalue weighted by molar-refractivity contribution is -0.160. The molecule has 0 fully saturated rings. The maximum Gasteiger partial charge on any atom is 0.330 e. The largest absolute Gasteiger partial charge is 0.392 e. The topological polar surface area (TPSA) is 134 Å². The number of nitrogens with two attached hydrogens (primary N) is 3. The van der Waals surface area contributed by atoms with Crippen LogP contribution in [0.1, 0.15) is 96.8 Å². The molecule has 0 aromatic heterocycles. The molecule has 0 radical (unpaired) electrons. The fourth-order valence-corrected chi connectivity index (χ4v) is 2.86. The molecule has 0 heterocycles. The third-order valence-corrected chi connectivity index (χ3v) is 4.63. The molecule has 0 bridgehead atoms. The molecule has 0 aromatic rings. The van der Waals surface area contributed by atoms with Crippen LogP contribution in [-0.2, 0) is 14.3 Å². The van der Waals surface area contributed by atoms with Crippen molar-refractivity contribution in [2.75, 3.05) is 6.54 Å². The molecule has 7 heteroatoms. The monoisotopic (exact) mass is 410 g/mol. The number of carbonyl (C=O) groups excluding carboxylic acids is 2. The predicted octanol–water partition coefficient (Wildman–Crippen LogP) is 3.69. The van der Waals surface area contributed by atoms with Crippen molar-refractivity contribution in [1.82, 2.24) is 0 Å². The number of unbranched alkanes of at least 4 members (excludes halogenated alkanes) is 9. The lowest BCUT2D eigenvalue weighted by atomic mass is 10.1. The Morgan fingerprint density at radius 1 is 0.897 bits per heavy atom. The minimum Gasteiger partial charge on any atom is -0.392 e. The minimum absolute atomic E-state index is 0.00518. The highest BCUT2D eigenvalue weighted by Crippen LogP contribution is 2.10. The highest BCUT2D eigenvalue weighted by molar-refractivity contribution is 5.88. The van der Waals surface area contributed by atoms with E-state index in [2.05, 4.69) is 24.1 Å². The van der Waals surface area contributed by atoms with Crippen LogP contribution in [-0.4, -0.2) is 30.5 Å². The zero-order valence-electron chi connectivity index (χ0n) is 18.2. The molecule has 0 aliphatic carbocycles. The Bertz CT molecular complexity index is 488. The molecular formula is C22H42N4O3. The van der Waals surface area contributed by atoms with E-state index in [1.54, 1.807) is 0 Å². The molecule has 0 saturated carbocycles. The van der Waals surface area contributed by atoms with Crippen molar-refractivity contribution in [2.45, 2.75) is 103 Å². The van der Waals surface area contributed by atoms with E-state index >= 15 is 0 Å². The lowest BCUT2D eigenvalue weighted by Gasteiger charge is -2.09. The van der Waals surface area contributed by atoms with Gasteiger partial charge in [-0.15, -0.1) is 0 Å². The van der Waals surface area contributed by atoms with Crippen LogP contribution >= 0.6 is 0 Å². The molecule has 1 atom stereocenters. The minimum atomic E-state index is -0.826. The summed E-state index contributed by atoms with van der Waals surface area (Å²) < 4.78 is 4.80. The van der Waals surface area contributed by atoms with Crippen LogP contribution in [0.2, 0.25) is 0 Å². The molecule has 0 amide bonds. The van der Waals surface area contributed by atoms with Gasteiger partial charge >= 0.3 is 11.9 Å². The number of ether oxygens (including phenoxy) is 1. The van der Waals surface area contributed by atoms with Crippen molar-refractivity contribution >= 4 is 17.9 Å². The molecule has 7 nitrogen and oxygen atoms in total. The van der Waals surface area contributed by atoms with Gasteiger partial charge in [-0.25, -0.2) is 4.79 Å². The SMILES string of the molecule is CCCCCC/C=C\CCCCCCCC(=O)OC(=O)C(N)CCCN=C(N)N.